The van der Waals surface area contributed by atoms with Crippen LogP contribution in [0.2, 0.25) is 0 Å². The van der Waals surface area contributed by atoms with Gasteiger partial charge in [-0.05, 0) is 35.9 Å². The van der Waals surface area contributed by atoms with Gasteiger partial charge in [-0.2, -0.15) is 4.98 Å². The van der Waals surface area contributed by atoms with Crippen molar-refractivity contribution in [3.63, 3.8) is 0 Å². The zero-order chi connectivity index (χ0) is 16.5. The quantitative estimate of drug-likeness (QED) is 0.789. The molecule has 1 N–H and O–H groups in total. The SMILES string of the molecule is CC(=O)NCc1ccc(-c2nc(-c3ccc4c(c3)CCO4)no2)s1. The van der Waals surface area contributed by atoms with Gasteiger partial charge >= 0.3 is 0 Å². The summed E-state index contributed by atoms with van der Waals surface area (Å²) in [5.41, 5.74) is 2.09. The third kappa shape index (κ3) is 2.90. The number of ether oxygens (including phenoxy) is 1. The summed E-state index contributed by atoms with van der Waals surface area (Å²) in [5.74, 6) is 1.94. The summed E-state index contributed by atoms with van der Waals surface area (Å²) in [6.45, 7) is 2.73. The molecule has 1 aromatic carbocycles. The van der Waals surface area contributed by atoms with Gasteiger partial charge < -0.3 is 14.6 Å². The smallest absolute Gasteiger partial charge is 0.268 e. The molecular formula is C17H15N3O3S. The number of nitrogens with zero attached hydrogens (tertiary/aromatic N) is 2. The van der Waals surface area contributed by atoms with Crippen LogP contribution in [-0.4, -0.2) is 22.7 Å². The van der Waals surface area contributed by atoms with E-state index in [1.165, 1.54) is 23.8 Å². The van der Waals surface area contributed by atoms with Crippen LogP contribution in [0, 0.1) is 0 Å². The zero-order valence-electron chi connectivity index (χ0n) is 13.0. The Kier molecular flexibility index (Phi) is 3.78. The molecule has 0 aliphatic carbocycles. The van der Waals surface area contributed by atoms with E-state index in [4.69, 9.17) is 9.26 Å². The normalized spacial score (nSPS) is 12.7. The molecule has 7 heteroatoms. The van der Waals surface area contributed by atoms with Gasteiger partial charge in [-0.15, -0.1) is 11.3 Å². The minimum atomic E-state index is -0.0504. The first-order valence-corrected chi connectivity index (χ1v) is 8.44. The molecule has 4 rings (SSSR count). The van der Waals surface area contributed by atoms with Crippen molar-refractivity contribution in [2.75, 3.05) is 6.61 Å². The molecule has 0 unspecified atom stereocenters. The molecule has 1 amide bonds. The third-order valence-electron chi connectivity index (χ3n) is 3.76. The van der Waals surface area contributed by atoms with E-state index in [-0.39, 0.29) is 5.91 Å². The number of carbonyl (C=O) groups is 1. The highest BCUT2D eigenvalue weighted by Gasteiger charge is 2.16. The fourth-order valence-electron chi connectivity index (χ4n) is 2.57. The summed E-state index contributed by atoms with van der Waals surface area (Å²) in [4.78, 5) is 17.4. The van der Waals surface area contributed by atoms with E-state index >= 15 is 0 Å². The molecule has 122 valence electrons. The zero-order valence-corrected chi connectivity index (χ0v) is 13.9. The Morgan fingerprint density at radius 3 is 3.12 bits per heavy atom. The van der Waals surface area contributed by atoms with E-state index in [1.54, 1.807) is 0 Å². The summed E-state index contributed by atoms with van der Waals surface area (Å²) in [5, 5.41) is 6.86. The number of aromatic nitrogens is 2. The molecule has 0 atom stereocenters. The Hall–Kier alpha value is -2.67. The van der Waals surface area contributed by atoms with Crippen molar-refractivity contribution in [2.24, 2.45) is 0 Å². The highest BCUT2D eigenvalue weighted by Crippen LogP contribution is 2.32. The lowest BCUT2D eigenvalue weighted by atomic mass is 10.1. The Morgan fingerprint density at radius 1 is 1.33 bits per heavy atom. The summed E-state index contributed by atoms with van der Waals surface area (Å²) < 4.78 is 10.9. The number of thiophene rings is 1. The standard InChI is InChI=1S/C17H15N3O3S/c1-10(21)18-9-13-3-5-15(24-13)17-19-16(20-23-17)12-2-4-14-11(8-12)6-7-22-14/h2-5,8H,6-7,9H2,1H3,(H,18,21). The maximum absolute atomic E-state index is 11.0. The predicted octanol–water partition coefficient (Wildman–Crippen LogP) is 3.04. The Labute approximate surface area is 142 Å². The summed E-state index contributed by atoms with van der Waals surface area (Å²) in [6.07, 6.45) is 0.908. The molecule has 1 aliphatic heterocycles. The molecule has 0 bridgehead atoms. The molecule has 0 fully saturated rings. The second-order valence-corrected chi connectivity index (χ2v) is 6.69. The van der Waals surface area contributed by atoms with Crippen LogP contribution >= 0.6 is 11.3 Å². The first kappa shape index (κ1) is 14.9. The minimum Gasteiger partial charge on any atom is -0.493 e. The van der Waals surface area contributed by atoms with E-state index in [9.17, 15) is 4.79 Å². The van der Waals surface area contributed by atoms with Crippen LogP contribution in [0.4, 0.5) is 0 Å². The first-order valence-electron chi connectivity index (χ1n) is 7.62. The number of fused-ring (bicyclic) bond motifs is 1. The number of hydrogen-bond donors (Lipinski definition) is 1. The summed E-state index contributed by atoms with van der Waals surface area (Å²) >= 11 is 1.53. The molecular weight excluding hydrogens is 326 g/mol. The van der Waals surface area contributed by atoms with E-state index in [0.29, 0.717) is 18.3 Å². The van der Waals surface area contributed by atoms with Gasteiger partial charge in [0.1, 0.15) is 5.75 Å². The van der Waals surface area contributed by atoms with Crippen molar-refractivity contribution in [1.29, 1.82) is 0 Å². The Morgan fingerprint density at radius 2 is 2.25 bits per heavy atom. The van der Waals surface area contributed by atoms with Crippen LogP contribution in [0.5, 0.6) is 5.75 Å². The topological polar surface area (TPSA) is 77.2 Å². The number of amides is 1. The molecule has 2 aromatic heterocycles. The van der Waals surface area contributed by atoms with Crippen LogP contribution in [0.1, 0.15) is 17.4 Å². The predicted molar refractivity (Wildman–Crippen MR) is 89.8 cm³/mol. The molecule has 1 aliphatic rings. The largest absolute Gasteiger partial charge is 0.493 e. The molecule has 3 heterocycles. The monoisotopic (exact) mass is 341 g/mol. The van der Waals surface area contributed by atoms with Gasteiger partial charge in [0.15, 0.2) is 0 Å². The second kappa shape index (κ2) is 6.09. The fraction of sp³-hybridized carbons (Fsp3) is 0.235. The average Bonchev–Trinajstić information content (AvgIpc) is 3.30. The fourth-order valence-corrected chi connectivity index (χ4v) is 3.44. The van der Waals surface area contributed by atoms with E-state index in [2.05, 4.69) is 15.5 Å². The van der Waals surface area contributed by atoms with Crippen molar-refractivity contribution >= 4 is 17.2 Å². The maximum Gasteiger partial charge on any atom is 0.268 e. The van der Waals surface area contributed by atoms with Gasteiger partial charge in [-0.3, -0.25) is 4.79 Å². The number of hydrogen-bond acceptors (Lipinski definition) is 6. The lowest BCUT2D eigenvalue weighted by molar-refractivity contribution is -0.119. The molecule has 0 spiro atoms. The minimum absolute atomic E-state index is 0.0504. The summed E-state index contributed by atoms with van der Waals surface area (Å²) in [7, 11) is 0. The van der Waals surface area contributed by atoms with E-state index in [0.717, 1.165) is 34.1 Å². The Bertz CT molecular complexity index is 900. The average molecular weight is 341 g/mol. The molecule has 6 nitrogen and oxygen atoms in total. The number of rotatable bonds is 4. The molecule has 0 radical (unpaired) electrons. The lowest BCUT2D eigenvalue weighted by Gasteiger charge is -1.99. The second-order valence-electron chi connectivity index (χ2n) is 5.52. The van der Waals surface area contributed by atoms with Crippen molar-refractivity contribution in [3.05, 3.63) is 40.8 Å². The lowest BCUT2D eigenvalue weighted by Crippen LogP contribution is -2.17. The van der Waals surface area contributed by atoms with Gasteiger partial charge in [-0.1, -0.05) is 5.16 Å². The summed E-state index contributed by atoms with van der Waals surface area (Å²) in [6, 6.07) is 9.82. The molecule has 3 aromatic rings. The van der Waals surface area contributed by atoms with Gasteiger partial charge in [0.2, 0.25) is 11.7 Å². The first-order chi connectivity index (χ1) is 11.7. The van der Waals surface area contributed by atoms with Gasteiger partial charge in [0.05, 0.1) is 18.0 Å². The highest BCUT2D eigenvalue weighted by molar-refractivity contribution is 7.15. The number of nitrogens with one attached hydrogen (secondary N) is 1. The van der Waals surface area contributed by atoms with Crippen LogP contribution in [0.3, 0.4) is 0 Å². The van der Waals surface area contributed by atoms with Crippen molar-refractivity contribution in [2.45, 2.75) is 19.9 Å². The Balaban J connectivity index is 1.55. The van der Waals surface area contributed by atoms with Crippen LogP contribution in [0.25, 0.3) is 22.2 Å². The third-order valence-corrected chi connectivity index (χ3v) is 4.83. The number of benzene rings is 1. The van der Waals surface area contributed by atoms with Gasteiger partial charge in [0.25, 0.3) is 5.89 Å². The molecule has 0 saturated carbocycles. The van der Waals surface area contributed by atoms with Gasteiger partial charge in [0, 0.05) is 23.8 Å². The van der Waals surface area contributed by atoms with Crippen molar-refractivity contribution in [1.82, 2.24) is 15.5 Å². The maximum atomic E-state index is 11.0. The van der Waals surface area contributed by atoms with Crippen LogP contribution in [0.15, 0.2) is 34.9 Å². The van der Waals surface area contributed by atoms with E-state index < -0.39 is 0 Å². The molecule has 24 heavy (non-hydrogen) atoms. The van der Waals surface area contributed by atoms with Crippen LogP contribution in [-0.2, 0) is 17.8 Å². The highest BCUT2D eigenvalue weighted by atomic mass is 32.1. The van der Waals surface area contributed by atoms with Gasteiger partial charge in [-0.25, -0.2) is 0 Å². The number of carbonyl (C=O) groups excluding carboxylic acids is 1. The van der Waals surface area contributed by atoms with Crippen molar-refractivity contribution in [3.8, 4) is 27.9 Å². The van der Waals surface area contributed by atoms with E-state index in [1.807, 2.05) is 30.3 Å². The molecule has 0 saturated heterocycles. The van der Waals surface area contributed by atoms with Crippen LogP contribution < -0.4 is 10.1 Å². The van der Waals surface area contributed by atoms with Crippen molar-refractivity contribution < 1.29 is 14.1 Å².